The van der Waals surface area contributed by atoms with E-state index in [-0.39, 0.29) is 22.2 Å². The number of nitrogens with one attached hydrogen (secondary N) is 1. The summed E-state index contributed by atoms with van der Waals surface area (Å²) in [5.74, 6) is -0.0461. The minimum Gasteiger partial charge on any atom is -0.339 e. The van der Waals surface area contributed by atoms with Crippen molar-refractivity contribution in [1.82, 2.24) is 9.62 Å². The summed E-state index contributed by atoms with van der Waals surface area (Å²) in [5.41, 5.74) is 1.18. The van der Waals surface area contributed by atoms with Gasteiger partial charge in [-0.05, 0) is 55.2 Å². The number of sulfonamides is 1. The highest BCUT2D eigenvalue weighted by Crippen LogP contribution is 2.17. The minimum absolute atomic E-state index is 0.00738. The summed E-state index contributed by atoms with van der Waals surface area (Å²) >= 11 is 0. The molecule has 2 aromatic rings. The fourth-order valence-corrected chi connectivity index (χ4v) is 5.03. The first kappa shape index (κ1) is 21.5. The zero-order valence-corrected chi connectivity index (χ0v) is 17.8. The number of likely N-dealkylation sites (tertiary alicyclic amines) is 1. The highest BCUT2D eigenvalue weighted by atomic mass is 32.2. The van der Waals surface area contributed by atoms with Crippen LogP contribution >= 0.6 is 0 Å². The largest absolute Gasteiger partial charge is 0.339 e. The number of nitrogens with zero attached hydrogens (tertiary/aromatic N) is 1. The van der Waals surface area contributed by atoms with E-state index in [1.165, 1.54) is 18.2 Å². The number of carbonyl (C=O) groups excluding carboxylic acids is 1. The molecule has 1 aliphatic heterocycles. The van der Waals surface area contributed by atoms with Gasteiger partial charge in [-0.15, -0.1) is 0 Å². The second kappa shape index (κ2) is 8.64. The highest BCUT2D eigenvalue weighted by Gasteiger charge is 2.19. The van der Waals surface area contributed by atoms with Crippen molar-refractivity contribution in [2.24, 2.45) is 0 Å². The molecule has 0 radical (unpaired) electrons. The van der Waals surface area contributed by atoms with Crippen LogP contribution in [0.3, 0.4) is 0 Å². The van der Waals surface area contributed by atoms with Crippen molar-refractivity contribution >= 4 is 25.8 Å². The average Bonchev–Trinajstić information content (AvgIpc) is 2.72. The minimum atomic E-state index is -3.90. The number of hydrogen-bond acceptors (Lipinski definition) is 5. The van der Waals surface area contributed by atoms with Crippen molar-refractivity contribution in [3.63, 3.8) is 0 Å². The average molecular weight is 437 g/mol. The maximum absolute atomic E-state index is 12.6. The molecule has 0 spiro atoms. The monoisotopic (exact) mass is 436 g/mol. The summed E-state index contributed by atoms with van der Waals surface area (Å²) in [4.78, 5) is 14.3. The quantitative estimate of drug-likeness (QED) is 0.748. The lowest BCUT2D eigenvalue weighted by atomic mass is 10.1. The zero-order chi connectivity index (χ0) is 21.1. The van der Waals surface area contributed by atoms with Crippen LogP contribution in [0.25, 0.3) is 0 Å². The van der Waals surface area contributed by atoms with E-state index in [9.17, 15) is 21.6 Å². The van der Waals surface area contributed by atoms with Crippen LogP contribution in [0.2, 0.25) is 0 Å². The van der Waals surface area contributed by atoms with Crippen LogP contribution in [-0.2, 0) is 26.4 Å². The van der Waals surface area contributed by atoms with E-state index in [0.717, 1.165) is 44.7 Å². The Kier molecular flexibility index (Phi) is 6.40. The molecule has 0 unspecified atom stereocenters. The molecule has 0 aromatic heterocycles. The van der Waals surface area contributed by atoms with E-state index in [1.54, 1.807) is 24.3 Å². The van der Waals surface area contributed by atoms with Crippen molar-refractivity contribution in [2.75, 3.05) is 19.3 Å². The SMILES string of the molecule is CS(=O)(=O)c1cccc(S(=O)(=O)NCc2cccc(C(=O)N3CCCCC3)c2)c1. The Bertz CT molecular complexity index is 1110. The van der Waals surface area contributed by atoms with Gasteiger partial charge in [0, 0.05) is 31.5 Å². The van der Waals surface area contributed by atoms with Gasteiger partial charge in [-0.2, -0.15) is 0 Å². The normalized spacial score (nSPS) is 15.3. The maximum atomic E-state index is 12.6. The molecular weight excluding hydrogens is 412 g/mol. The zero-order valence-electron chi connectivity index (χ0n) is 16.2. The fourth-order valence-electron chi connectivity index (χ4n) is 3.23. The number of hydrogen-bond donors (Lipinski definition) is 1. The fraction of sp³-hybridized carbons (Fsp3) is 0.350. The van der Waals surface area contributed by atoms with E-state index in [4.69, 9.17) is 0 Å². The molecule has 3 rings (SSSR count). The molecule has 29 heavy (non-hydrogen) atoms. The van der Waals surface area contributed by atoms with Crippen molar-refractivity contribution in [3.05, 3.63) is 59.7 Å². The molecule has 1 aliphatic rings. The second-order valence-corrected chi connectivity index (χ2v) is 10.9. The predicted octanol–water partition coefficient (Wildman–Crippen LogP) is 2.19. The lowest BCUT2D eigenvalue weighted by Crippen LogP contribution is -2.35. The van der Waals surface area contributed by atoms with Crippen LogP contribution in [0.5, 0.6) is 0 Å². The van der Waals surface area contributed by atoms with Crippen LogP contribution in [0, 0.1) is 0 Å². The summed E-state index contributed by atoms with van der Waals surface area (Å²) in [6.07, 6.45) is 4.15. The molecule has 1 heterocycles. The lowest BCUT2D eigenvalue weighted by molar-refractivity contribution is 0.0724. The van der Waals surface area contributed by atoms with Gasteiger partial charge in [0.25, 0.3) is 5.91 Å². The number of rotatable bonds is 6. The molecule has 7 nitrogen and oxygen atoms in total. The number of benzene rings is 2. The summed E-state index contributed by atoms with van der Waals surface area (Å²) in [6.45, 7) is 1.48. The third-order valence-electron chi connectivity index (χ3n) is 4.83. The molecule has 1 N–H and O–H groups in total. The summed E-state index contributed by atoms with van der Waals surface area (Å²) in [7, 11) is -7.42. The Morgan fingerprint density at radius 3 is 2.28 bits per heavy atom. The molecule has 0 atom stereocenters. The van der Waals surface area contributed by atoms with Crippen LogP contribution < -0.4 is 4.72 Å². The van der Waals surface area contributed by atoms with Gasteiger partial charge < -0.3 is 4.90 Å². The van der Waals surface area contributed by atoms with Gasteiger partial charge in [-0.1, -0.05) is 18.2 Å². The molecule has 1 amide bonds. The predicted molar refractivity (Wildman–Crippen MR) is 110 cm³/mol. The number of amides is 1. The molecule has 156 valence electrons. The first-order valence-corrected chi connectivity index (χ1v) is 12.7. The number of carbonyl (C=O) groups is 1. The van der Waals surface area contributed by atoms with Crippen LogP contribution in [0.4, 0.5) is 0 Å². The Morgan fingerprint density at radius 1 is 0.931 bits per heavy atom. The van der Waals surface area contributed by atoms with Gasteiger partial charge in [0.2, 0.25) is 10.0 Å². The first-order chi connectivity index (χ1) is 13.7. The Morgan fingerprint density at radius 2 is 1.59 bits per heavy atom. The molecule has 1 saturated heterocycles. The highest BCUT2D eigenvalue weighted by molar-refractivity contribution is 7.91. The summed E-state index contributed by atoms with van der Waals surface area (Å²) < 4.78 is 51.0. The van der Waals surface area contributed by atoms with Gasteiger partial charge in [-0.3, -0.25) is 4.79 Å². The smallest absolute Gasteiger partial charge is 0.253 e. The molecule has 9 heteroatoms. The third kappa shape index (κ3) is 5.43. The van der Waals surface area contributed by atoms with E-state index in [2.05, 4.69) is 4.72 Å². The standard InChI is InChI=1S/C20H24N2O5S2/c1-28(24,25)18-9-6-10-19(14-18)29(26,27)21-15-16-7-5-8-17(13-16)20(23)22-11-3-2-4-12-22/h5-10,13-14,21H,2-4,11-12,15H2,1H3. The van der Waals surface area contributed by atoms with Gasteiger partial charge in [0.1, 0.15) is 0 Å². The number of piperidine rings is 1. The van der Waals surface area contributed by atoms with Gasteiger partial charge in [0.15, 0.2) is 9.84 Å². The van der Waals surface area contributed by atoms with Crippen LogP contribution in [0.15, 0.2) is 58.3 Å². The lowest BCUT2D eigenvalue weighted by Gasteiger charge is -2.26. The number of sulfone groups is 1. The maximum Gasteiger partial charge on any atom is 0.253 e. The Balaban J connectivity index is 1.73. The summed E-state index contributed by atoms with van der Waals surface area (Å²) in [5, 5.41) is 0. The van der Waals surface area contributed by atoms with Crippen LogP contribution in [0.1, 0.15) is 35.2 Å². The second-order valence-electron chi connectivity index (χ2n) is 7.12. The van der Waals surface area contributed by atoms with E-state index >= 15 is 0 Å². The molecule has 0 bridgehead atoms. The van der Waals surface area contributed by atoms with E-state index in [1.807, 2.05) is 4.90 Å². The Labute approximate surface area is 171 Å². The van der Waals surface area contributed by atoms with Crippen molar-refractivity contribution in [2.45, 2.75) is 35.6 Å². The van der Waals surface area contributed by atoms with Crippen molar-refractivity contribution in [3.8, 4) is 0 Å². The summed E-state index contributed by atoms with van der Waals surface area (Å²) in [6, 6.07) is 12.1. The molecule has 2 aromatic carbocycles. The van der Waals surface area contributed by atoms with Crippen molar-refractivity contribution < 1.29 is 21.6 Å². The molecule has 1 fully saturated rings. The third-order valence-corrected chi connectivity index (χ3v) is 7.34. The van der Waals surface area contributed by atoms with Crippen LogP contribution in [-0.4, -0.2) is 47.0 Å². The Hall–Kier alpha value is -2.23. The molecule has 0 aliphatic carbocycles. The topological polar surface area (TPSA) is 101 Å². The first-order valence-electron chi connectivity index (χ1n) is 9.35. The van der Waals surface area contributed by atoms with Gasteiger partial charge >= 0.3 is 0 Å². The van der Waals surface area contributed by atoms with Gasteiger partial charge in [0.05, 0.1) is 9.79 Å². The molecular formula is C20H24N2O5S2. The molecule has 0 saturated carbocycles. The van der Waals surface area contributed by atoms with Crippen molar-refractivity contribution in [1.29, 1.82) is 0 Å². The van der Waals surface area contributed by atoms with E-state index in [0.29, 0.717) is 11.1 Å². The van der Waals surface area contributed by atoms with Gasteiger partial charge in [-0.25, -0.2) is 21.6 Å². The van der Waals surface area contributed by atoms with E-state index < -0.39 is 19.9 Å².